The summed E-state index contributed by atoms with van der Waals surface area (Å²) in [5, 5.41) is 10.9. The highest BCUT2D eigenvalue weighted by molar-refractivity contribution is 5.96. The monoisotopic (exact) mass is 367 g/mol. The highest BCUT2D eigenvalue weighted by Gasteiger charge is 2.39. The third kappa shape index (κ3) is 3.67. The Labute approximate surface area is 153 Å². The minimum absolute atomic E-state index is 0. The Kier molecular flexibility index (Phi) is 5.64. The normalized spacial score (nSPS) is 29.4. The maximum Gasteiger partial charge on any atom is 0.275 e. The van der Waals surface area contributed by atoms with Crippen molar-refractivity contribution < 1.29 is 9.59 Å². The first kappa shape index (κ1) is 18.2. The zero-order valence-corrected chi connectivity index (χ0v) is 15.1. The molecule has 0 aromatic carbocycles. The molecule has 3 atom stereocenters. The minimum Gasteiger partial charge on any atom is -0.350 e. The molecule has 0 radical (unpaired) electrons. The van der Waals surface area contributed by atoms with Crippen molar-refractivity contribution >= 4 is 24.2 Å². The van der Waals surface area contributed by atoms with E-state index in [1.165, 1.54) is 0 Å². The lowest BCUT2D eigenvalue weighted by atomic mass is 9.87. The van der Waals surface area contributed by atoms with Gasteiger partial charge < -0.3 is 15.5 Å². The number of piperazine rings is 1. The number of fused-ring (bicyclic) bond motifs is 1. The van der Waals surface area contributed by atoms with E-state index in [-0.39, 0.29) is 42.8 Å². The number of amides is 2. The second kappa shape index (κ2) is 7.74. The molecule has 25 heavy (non-hydrogen) atoms. The van der Waals surface area contributed by atoms with Gasteiger partial charge in [-0.2, -0.15) is 5.10 Å². The molecule has 2 aliphatic heterocycles. The van der Waals surface area contributed by atoms with Crippen molar-refractivity contribution in [2.24, 2.45) is 0 Å². The first-order valence-corrected chi connectivity index (χ1v) is 9.08. The zero-order valence-electron chi connectivity index (χ0n) is 14.3. The number of hydrogen-bond donors (Lipinski definition) is 2. The highest BCUT2D eigenvalue weighted by atomic mass is 35.5. The number of nitrogens with one attached hydrogen (secondary N) is 2. The van der Waals surface area contributed by atoms with Crippen LogP contribution in [0.5, 0.6) is 0 Å². The Balaban J connectivity index is 0.00000182. The van der Waals surface area contributed by atoms with E-state index in [4.69, 9.17) is 0 Å². The summed E-state index contributed by atoms with van der Waals surface area (Å²) >= 11 is 0. The summed E-state index contributed by atoms with van der Waals surface area (Å²) in [7, 11) is 0. The summed E-state index contributed by atoms with van der Waals surface area (Å²) in [5.74, 6) is -0.160. The van der Waals surface area contributed by atoms with Crippen molar-refractivity contribution in [1.29, 1.82) is 0 Å². The summed E-state index contributed by atoms with van der Waals surface area (Å²) in [6.07, 6.45) is 8.26. The van der Waals surface area contributed by atoms with Crippen molar-refractivity contribution in [1.82, 2.24) is 25.3 Å². The van der Waals surface area contributed by atoms with Gasteiger partial charge in [0.2, 0.25) is 5.91 Å². The van der Waals surface area contributed by atoms with Crippen molar-refractivity contribution in [3.63, 3.8) is 0 Å². The van der Waals surface area contributed by atoms with Gasteiger partial charge in [0.25, 0.3) is 5.91 Å². The molecule has 2 saturated heterocycles. The fourth-order valence-corrected chi connectivity index (χ4v) is 4.26. The van der Waals surface area contributed by atoms with Crippen LogP contribution >= 0.6 is 12.4 Å². The van der Waals surface area contributed by atoms with E-state index < -0.39 is 0 Å². The van der Waals surface area contributed by atoms with Crippen molar-refractivity contribution in [3.8, 4) is 0 Å². The highest BCUT2D eigenvalue weighted by Crippen LogP contribution is 2.27. The quantitative estimate of drug-likeness (QED) is 0.820. The van der Waals surface area contributed by atoms with Gasteiger partial charge in [-0.3, -0.25) is 14.3 Å². The Bertz CT molecular complexity index is 628. The van der Waals surface area contributed by atoms with Crippen LogP contribution in [0.1, 0.15) is 55.1 Å². The summed E-state index contributed by atoms with van der Waals surface area (Å²) in [6.45, 7) is 2.10. The number of carbonyl (C=O) groups excluding carboxylic acids is 2. The number of piperidine rings is 1. The van der Waals surface area contributed by atoms with E-state index in [2.05, 4.69) is 15.7 Å². The van der Waals surface area contributed by atoms with Gasteiger partial charge in [0.05, 0.1) is 12.1 Å². The van der Waals surface area contributed by atoms with Gasteiger partial charge in [0.1, 0.15) is 12.2 Å². The van der Waals surface area contributed by atoms with Crippen molar-refractivity contribution in [2.75, 3.05) is 19.6 Å². The van der Waals surface area contributed by atoms with Gasteiger partial charge in [0.15, 0.2) is 0 Å². The van der Waals surface area contributed by atoms with Gasteiger partial charge >= 0.3 is 0 Å². The Morgan fingerprint density at radius 1 is 1.20 bits per heavy atom. The largest absolute Gasteiger partial charge is 0.350 e. The maximum absolute atomic E-state index is 13.0. The molecule has 3 unspecified atom stereocenters. The molecular weight excluding hydrogens is 342 g/mol. The van der Waals surface area contributed by atoms with Crippen LogP contribution in [0.15, 0.2) is 12.3 Å². The number of carbonyl (C=O) groups is 2. The number of aromatic nitrogens is 2. The summed E-state index contributed by atoms with van der Waals surface area (Å²) in [6, 6.07) is 2.33. The van der Waals surface area contributed by atoms with Crippen LogP contribution in [0.3, 0.4) is 0 Å². The van der Waals surface area contributed by atoms with Crippen molar-refractivity contribution in [3.05, 3.63) is 18.0 Å². The van der Waals surface area contributed by atoms with E-state index in [9.17, 15) is 9.59 Å². The van der Waals surface area contributed by atoms with Crippen molar-refractivity contribution in [2.45, 2.75) is 56.7 Å². The van der Waals surface area contributed by atoms with E-state index >= 15 is 0 Å². The molecule has 2 amide bonds. The summed E-state index contributed by atoms with van der Waals surface area (Å²) in [4.78, 5) is 26.7. The third-order valence-corrected chi connectivity index (χ3v) is 5.52. The van der Waals surface area contributed by atoms with E-state index in [1.54, 1.807) is 11.0 Å². The molecule has 7 nitrogen and oxygen atoms in total. The molecule has 8 heteroatoms. The number of hydrogen-bond acceptors (Lipinski definition) is 4. The fourth-order valence-electron chi connectivity index (χ4n) is 4.26. The Hall–Kier alpha value is -1.60. The smallest absolute Gasteiger partial charge is 0.275 e. The first-order chi connectivity index (χ1) is 11.7. The average molecular weight is 368 g/mol. The first-order valence-electron chi connectivity index (χ1n) is 9.08. The van der Waals surface area contributed by atoms with Crippen LogP contribution in [0.25, 0.3) is 0 Å². The zero-order chi connectivity index (χ0) is 16.5. The Morgan fingerprint density at radius 2 is 2.04 bits per heavy atom. The standard InChI is InChI=1S/C17H25N5O2.ClH/c23-16-11-21(15-6-2-1-5-13(15)19-16)17(24)14-7-9-22(20-14)12-4-3-8-18-10-12;/h7,9,12-13,15,18H,1-6,8,10-11H2,(H,19,23);1H. The molecule has 0 bridgehead atoms. The van der Waals surface area contributed by atoms with Gasteiger partial charge in [0, 0.05) is 18.8 Å². The molecule has 138 valence electrons. The summed E-state index contributed by atoms with van der Waals surface area (Å²) < 4.78 is 1.90. The molecule has 0 spiro atoms. The predicted octanol–water partition coefficient (Wildman–Crippen LogP) is 1.11. The third-order valence-electron chi connectivity index (χ3n) is 5.52. The SMILES string of the molecule is Cl.O=C1CN(C(=O)c2ccn(C3CCCNC3)n2)C2CCCCC2N1. The van der Waals surface area contributed by atoms with Crippen LogP contribution in [0.2, 0.25) is 0 Å². The van der Waals surface area contributed by atoms with Crippen LogP contribution in [-0.4, -0.2) is 58.2 Å². The van der Waals surface area contributed by atoms with Crippen LogP contribution in [0, 0.1) is 0 Å². The molecule has 3 aliphatic rings. The predicted molar refractivity (Wildman–Crippen MR) is 95.8 cm³/mol. The molecule has 1 aliphatic carbocycles. The van der Waals surface area contributed by atoms with Gasteiger partial charge in [-0.05, 0) is 38.3 Å². The molecule has 1 aromatic rings. The van der Waals surface area contributed by atoms with E-state index in [1.807, 2.05) is 10.9 Å². The molecule has 2 N–H and O–H groups in total. The Morgan fingerprint density at radius 3 is 2.84 bits per heavy atom. The van der Waals surface area contributed by atoms with E-state index in [0.717, 1.165) is 51.6 Å². The molecule has 1 aromatic heterocycles. The lowest BCUT2D eigenvalue weighted by Crippen LogP contribution is -2.62. The van der Waals surface area contributed by atoms with Crippen LogP contribution in [0.4, 0.5) is 0 Å². The second-order valence-electron chi connectivity index (χ2n) is 7.14. The molecule has 3 fully saturated rings. The minimum atomic E-state index is -0.107. The van der Waals surface area contributed by atoms with Gasteiger partial charge in [-0.25, -0.2) is 0 Å². The molecular formula is C17H26ClN5O2. The number of rotatable bonds is 2. The van der Waals surface area contributed by atoms with E-state index in [0.29, 0.717) is 11.7 Å². The number of halogens is 1. The van der Waals surface area contributed by atoms with Crippen LogP contribution < -0.4 is 10.6 Å². The topological polar surface area (TPSA) is 79.3 Å². The number of nitrogens with zero attached hydrogens (tertiary/aromatic N) is 3. The average Bonchev–Trinajstić information content (AvgIpc) is 3.11. The maximum atomic E-state index is 13.0. The second-order valence-corrected chi connectivity index (χ2v) is 7.14. The van der Waals surface area contributed by atoms with Gasteiger partial charge in [-0.15, -0.1) is 12.4 Å². The molecule has 3 heterocycles. The molecule has 4 rings (SSSR count). The fraction of sp³-hybridized carbons (Fsp3) is 0.706. The summed E-state index contributed by atoms with van der Waals surface area (Å²) in [5.41, 5.74) is 0.458. The van der Waals surface area contributed by atoms with Gasteiger partial charge in [-0.1, -0.05) is 12.8 Å². The lowest BCUT2D eigenvalue weighted by molar-refractivity contribution is -0.127. The molecule has 1 saturated carbocycles. The van der Waals surface area contributed by atoms with Crippen LogP contribution in [-0.2, 0) is 4.79 Å². The lowest BCUT2D eigenvalue weighted by Gasteiger charge is -2.43.